The summed E-state index contributed by atoms with van der Waals surface area (Å²) in [7, 11) is 3.09. The van der Waals surface area contributed by atoms with E-state index in [1.54, 1.807) is 32.4 Å². The molecule has 160 valence electrons. The normalized spacial score (nSPS) is 10.7. The van der Waals surface area contributed by atoms with Gasteiger partial charge in [0.2, 0.25) is 0 Å². The molecule has 0 fully saturated rings. The van der Waals surface area contributed by atoms with Crippen LogP contribution < -0.4 is 9.47 Å². The van der Waals surface area contributed by atoms with Crippen LogP contribution in [-0.4, -0.2) is 33.8 Å². The molecule has 2 aromatic carbocycles. The second kappa shape index (κ2) is 11.9. The van der Waals surface area contributed by atoms with E-state index in [9.17, 15) is 4.79 Å². The first kappa shape index (κ1) is 23.3. The van der Waals surface area contributed by atoms with Crippen LogP contribution in [0.25, 0.3) is 0 Å². The summed E-state index contributed by atoms with van der Waals surface area (Å²) in [6.07, 6.45) is 0.177. The smallest absolute Gasteiger partial charge is 0.307 e. The van der Waals surface area contributed by atoms with Crippen molar-refractivity contribution in [2.75, 3.05) is 27.8 Å². The number of hydrogen-bond acceptors (Lipinski definition) is 6. The summed E-state index contributed by atoms with van der Waals surface area (Å²) in [4.78, 5) is 12.2. The van der Waals surface area contributed by atoms with Crippen LogP contribution in [0.1, 0.15) is 31.4 Å². The topological polar surface area (TPSA) is 63.2 Å². The van der Waals surface area contributed by atoms with E-state index in [2.05, 4.69) is 11.8 Å². The van der Waals surface area contributed by atoms with Crippen LogP contribution in [0.2, 0.25) is 0 Å². The maximum Gasteiger partial charge on any atom is 0.307 e. The van der Waals surface area contributed by atoms with Gasteiger partial charge in [0, 0.05) is 25.7 Å². The molecule has 0 atom stereocenters. The highest BCUT2D eigenvalue weighted by atomic mass is 16.7. The number of carbonyl (C=O) groups is 1. The van der Waals surface area contributed by atoms with Gasteiger partial charge in [0.25, 0.3) is 0 Å². The minimum Gasteiger partial charge on any atom is -0.467 e. The van der Waals surface area contributed by atoms with E-state index < -0.39 is 5.41 Å². The fourth-order valence-corrected chi connectivity index (χ4v) is 2.50. The second-order valence-electron chi connectivity index (χ2n) is 7.22. The molecule has 0 unspecified atom stereocenters. The summed E-state index contributed by atoms with van der Waals surface area (Å²) >= 11 is 0. The zero-order chi connectivity index (χ0) is 21.8. The van der Waals surface area contributed by atoms with E-state index in [1.165, 1.54) is 0 Å². The Balaban J connectivity index is 2.04. The van der Waals surface area contributed by atoms with E-state index in [0.29, 0.717) is 17.1 Å². The molecule has 0 aliphatic carbocycles. The number of carbonyl (C=O) groups excluding carboxylic acids is 1. The Morgan fingerprint density at radius 1 is 0.967 bits per heavy atom. The monoisotopic (exact) mass is 412 g/mol. The van der Waals surface area contributed by atoms with Crippen molar-refractivity contribution in [1.82, 2.24) is 0 Å². The van der Waals surface area contributed by atoms with Gasteiger partial charge in [-0.15, -0.1) is 0 Å². The Morgan fingerprint density at radius 3 is 2.37 bits per heavy atom. The van der Waals surface area contributed by atoms with Crippen molar-refractivity contribution >= 4 is 5.97 Å². The van der Waals surface area contributed by atoms with Crippen LogP contribution in [0.5, 0.6) is 11.5 Å². The predicted molar refractivity (Wildman–Crippen MR) is 113 cm³/mol. The fourth-order valence-electron chi connectivity index (χ4n) is 2.50. The van der Waals surface area contributed by atoms with Crippen LogP contribution >= 0.6 is 0 Å². The third kappa shape index (κ3) is 8.16. The summed E-state index contributed by atoms with van der Waals surface area (Å²) < 4.78 is 26.3. The van der Waals surface area contributed by atoms with Crippen molar-refractivity contribution < 1.29 is 28.5 Å². The summed E-state index contributed by atoms with van der Waals surface area (Å²) in [5.74, 6) is 7.08. The van der Waals surface area contributed by atoms with Crippen molar-refractivity contribution in [3.8, 4) is 23.3 Å². The number of esters is 1. The highest BCUT2D eigenvalue weighted by molar-refractivity contribution is 5.71. The summed E-state index contributed by atoms with van der Waals surface area (Å²) in [5, 5.41) is 0. The second-order valence-corrected chi connectivity index (χ2v) is 7.22. The molecule has 2 rings (SSSR count). The lowest BCUT2D eigenvalue weighted by Crippen LogP contribution is -2.17. The minimum atomic E-state index is -0.572. The molecule has 0 bridgehead atoms. The molecule has 0 saturated carbocycles. The third-order valence-electron chi connectivity index (χ3n) is 3.99. The van der Waals surface area contributed by atoms with Crippen molar-refractivity contribution in [2.24, 2.45) is 5.41 Å². The van der Waals surface area contributed by atoms with E-state index in [1.807, 2.05) is 44.2 Å². The quantitative estimate of drug-likeness (QED) is 0.332. The molecule has 0 spiro atoms. The number of ether oxygens (including phenoxy) is 5. The van der Waals surface area contributed by atoms with Crippen molar-refractivity contribution in [1.29, 1.82) is 0 Å². The lowest BCUT2D eigenvalue weighted by molar-refractivity contribution is -0.146. The highest BCUT2D eigenvalue weighted by Crippen LogP contribution is 2.26. The van der Waals surface area contributed by atoms with Crippen molar-refractivity contribution in [3.63, 3.8) is 0 Å². The van der Waals surface area contributed by atoms with Gasteiger partial charge in [0.1, 0.15) is 18.1 Å². The van der Waals surface area contributed by atoms with Gasteiger partial charge in [-0.2, -0.15) is 0 Å². The molecule has 0 aromatic heterocycles. The molecule has 2 aromatic rings. The number of benzene rings is 2. The lowest BCUT2D eigenvalue weighted by atomic mass is 9.90. The van der Waals surface area contributed by atoms with Gasteiger partial charge in [-0.1, -0.05) is 42.2 Å². The van der Waals surface area contributed by atoms with Gasteiger partial charge in [0.05, 0.1) is 12.0 Å². The van der Waals surface area contributed by atoms with E-state index in [4.69, 9.17) is 23.7 Å². The largest absolute Gasteiger partial charge is 0.467 e. The van der Waals surface area contributed by atoms with Gasteiger partial charge in [-0.05, 0) is 31.5 Å². The van der Waals surface area contributed by atoms with Crippen LogP contribution in [0.4, 0.5) is 0 Å². The summed E-state index contributed by atoms with van der Waals surface area (Å²) in [5.41, 5.74) is 1.05. The van der Waals surface area contributed by atoms with Crippen molar-refractivity contribution in [3.05, 3.63) is 59.7 Å². The number of hydrogen-bond donors (Lipinski definition) is 0. The first-order valence-electron chi connectivity index (χ1n) is 9.54. The molecule has 0 amide bonds. The Kier molecular flexibility index (Phi) is 9.20. The van der Waals surface area contributed by atoms with Crippen LogP contribution in [0, 0.1) is 17.3 Å². The standard InChI is InChI=1S/C24H28O6/c1-24(2,15-23(25)28-16-19-8-6-5-7-9-19)13-12-20-10-11-21(29-17-26-3)14-22(20)30-18-27-4/h5-11,14H,15-18H2,1-4H3. The lowest BCUT2D eigenvalue weighted by Gasteiger charge is -2.16. The van der Waals surface area contributed by atoms with Gasteiger partial charge < -0.3 is 23.7 Å². The maximum absolute atomic E-state index is 12.2. The Labute approximate surface area is 178 Å². The SMILES string of the molecule is COCOc1ccc(C#CC(C)(C)CC(=O)OCc2ccccc2)c(OCOC)c1. The zero-order valence-corrected chi connectivity index (χ0v) is 17.9. The van der Waals surface area contributed by atoms with Crippen LogP contribution in [-0.2, 0) is 25.6 Å². The van der Waals surface area contributed by atoms with E-state index in [0.717, 1.165) is 5.56 Å². The first-order chi connectivity index (χ1) is 14.4. The Hall–Kier alpha value is -3.01. The van der Waals surface area contributed by atoms with E-state index in [-0.39, 0.29) is 32.6 Å². The average Bonchev–Trinajstić information content (AvgIpc) is 2.74. The summed E-state index contributed by atoms with van der Waals surface area (Å²) in [6, 6.07) is 14.9. The Morgan fingerprint density at radius 2 is 1.67 bits per heavy atom. The molecule has 0 radical (unpaired) electrons. The zero-order valence-electron chi connectivity index (χ0n) is 17.9. The highest BCUT2D eigenvalue weighted by Gasteiger charge is 2.21. The molecule has 0 heterocycles. The van der Waals surface area contributed by atoms with Gasteiger partial charge in [-0.25, -0.2) is 0 Å². The van der Waals surface area contributed by atoms with E-state index >= 15 is 0 Å². The number of methoxy groups -OCH3 is 2. The van der Waals surface area contributed by atoms with Gasteiger partial charge >= 0.3 is 5.97 Å². The molecular formula is C24H28O6. The molecule has 6 heteroatoms. The average molecular weight is 412 g/mol. The molecular weight excluding hydrogens is 384 g/mol. The fraction of sp³-hybridized carbons (Fsp3) is 0.375. The van der Waals surface area contributed by atoms with Crippen LogP contribution in [0.15, 0.2) is 48.5 Å². The Bertz CT molecular complexity index is 864. The maximum atomic E-state index is 12.2. The molecule has 0 saturated heterocycles. The molecule has 0 aliphatic rings. The molecule has 0 aliphatic heterocycles. The van der Waals surface area contributed by atoms with Gasteiger partial charge in [0.15, 0.2) is 13.6 Å². The first-order valence-corrected chi connectivity index (χ1v) is 9.54. The van der Waals surface area contributed by atoms with Crippen molar-refractivity contribution in [2.45, 2.75) is 26.9 Å². The molecule has 6 nitrogen and oxygen atoms in total. The predicted octanol–water partition coefficient (Wildman–Crippen LogP) is 4.16. The number of rotatable bonds is 10. The summed E-state index contributed by atoms with van der Waals surface area (Å²) in [6.45, 7) is 4.26. The van der Waals surface area contributed by atoms with Gasteiger partial charge in [-0.3, -0.25) is 4.79 Å². The molecule has 0 N–H and O–H groups in total. The van der Waals surface area contributed by atoms with Crippen LogP contribution in [0.3, 0.4) is 0 Å². The minimum absolute atomic E-state index is 0.0810. The molecule has 30 heavy (non-hydrogen) atoms. The third-order valence-corrected chi connectivity index (χ3v) is 3.99.